The Morgan fingerprint density at radius 1 is 1.44 bits per heavy atom. The first-order valence-electron chi connectivity index (χ1n) is 6.47. The minimum atomic E-state index is 0.157. The molecule has 92 valence electrons. The topological polar surface area (TPSA) is 44.4 Å². The van der Waals surface area contributed by atoms with Crippen LogP contribution in [0.2, 0.25) is 0 Å². The van der Waals surface area contributed by atoms with E-state index in [1.807, 2.05) is 0 Å². The first-order chi connectivity index (χ1) is 7.79. The molecule has 0 radical (unpaired) electrons. The largest absolute Gasteiger partial charge is 0.359 e. The highest BCUT2D eigenvalue weighted by Gasteiger charge is 2.31. The molecule has 2 N–H and O–H groups in total. The van der Waals surface area contributed by atoms with E-state index in [0.29, 0.717) is 12.5 Å². The fourth-order valence-electron chi connectivity index (χ4n) is 2.43. The van der Waals surface area contributed by atoms with Gasteiger partial charge in [0.05, 0.1) is 0 Å². The van der Waals surface area contributed by atoms with Crippen LogP contribution in [-0.4, -0.2) is 49.6 Å². The Morgan fingerprint density at radius 3 is 2.81 bits per heavy atom. The lowest BCUT2D eigenvalue weighted by Crippen LogP contribution is -2.40. The maximum Gasteiger partial charge on any atom is 0.221 e. The molecule has 4 nitrogen and oxygen atoms in total. The van der Waals surface area contributed by atoms with Gasteiger partial charge in [-0.25, -0.2) is 0 Å². The maximum atomic E-state index is 11.2. The van der Waals surface area contributed by atoms with E-state index in [1.165, 1.54) is 32.2 Å². The monoisotopic (exact) mass is 225 g/mol. The Balaban J connectivity index is 1.73. The summed E-state index contributed by atoms with van der Waals surface area (Å²) in [5, 5.41) is 6.22. The van der Waals surface area contributed by atoms with E-state index < -0.39 is 0 Å². The van der Waals surface area contributed by atoms with E-state index in [2.05, 4.69) is 15.5 Å². The first-order valence-corrected chi connectivity index (χ1v) is 6.47. The molecule has 1 aliphatic heterocycles. The molecule has 0 bridgehead atoms. The van der Waals surface area contributed by atoms with Crippen molar-refractivity contribution in [1.29, 1.82) is 0 Å². The number of carbonyl (C=O) groups excluding carboxylic acids is 1. The summed E-state index contributed by atoms with van der Waals surface area (Å²) >= 11 is 0. The quantitative estimate of drug-likeness (QED) is 0.685. The Morgan fingerprint density at radius 2 is 2.25 bits per heavy atom. The van der Waals surface area contributed by atoms with Crippen LogP contribution in [0.25, 0.3) is 0 Å². The molecule has 2 rings (SSSR count). The van der Waals surface area contributed by atoms with Crippen LogP contribution in [0.15, 0.2) is 0 Å². The van der Waals surface area contributed by atoms with E-state index in [-0.39, 0.29) is 5.91 Å². The minimum Gasteiger partial charge on any atom is -0.359 e. The van der Waals surface area contributed by atoms with Gasteiger partial charge in [-0.2, -0.15) is 0 Å². The highest BCUT2D eigenvalue weighted by Crippen LogP contribution is 2.27. The Bertz CT molecular complexity index is 234. The summed E-state index contributed by atoms with van der Waals surface area (Å²) in [6.07, 6.45) is 5.88. The van der Waals surface area contributed by atoms with Crippen molar-refractivity contribution in [3.05, 3.63) is 0 Å². The van der Waals surface area contributed by atoms with Crippen LogP contribution in [0, 0.1) is 0 Å². The van der Waals surface area contributed by atoms with Crippen LogP contribution < -0.4 is 10.6 Å². The lowest BCUT2D eigenvalue weighted by Gasteiger charge is -2.25. The van der Waals surface area contributed by atoms with Crippen molar-refractivity contribution >= 4 is 5.91 Å². The van der Waals surface area contributed by atoms with Crippen molar-refractivity contribution in [3.8, 4) is 0 Å². The maximum absolute atomic E-state index is 11.2. The fourth-order valence-corrected chi connectivity index (χ4v) is 2.43. The van der Waals surface area contributed by atoms with Gasteiger partial charge in [-0.3, -0.25) is 9.69 Å². The standard InChI is InChI=1S/C12H23N3O/c1-13-12(16)6-8-15(11-4-5-11)9-10-3-2-7-14-10/h10-11,14H,2-9H2,1H3,(H,13,16). The van der Waals surface area contributed by atoms with Gasteiger partial charge in [-0.15, -0.1) is 0 Å². The molecule has 0 aromatic carbocycles. The van der Waals surface area contributed by atoms with Crippen molar-refractivity contribution in [2.45, 2.75) is 44.2 Å². The number of amides is 1. The Labute approximate surface area is 97.8 Å². The van der Waals surface area contributed by atoms with Crippen molar-refractivity contribution in [2.75, 3.05) is 26.7 Å². The molecule has 1 saturated carbocycles. The van der Waals surface area contributed by atoms with Crippen LogP contribution in [0.1, 0.15) is 32.1 Å². The average Bonchev–Trinajstić information content (AvgIpc) is 3.02. The van der Waals surface area contributed by atoms with Crippen LogP contribution in [0.3, 0.4) is 0 Å². The molecule has 1 atom stereocenters. The summed E-state index contributed by atoms with van der Waals surface area (Å²) in [5.41, 5.74) is 0. The lowest BCUT2D eigenvalue weighted by atomic mass is 10.2. The summed E-state index contributed by atoms with van der Waals surface area (Å²) in [6.45, 7) is 3.21. The highest BCUT2D eigenvalue weighted by molar-refractivity contribution is 5.75. The molecular formula is C12H23N3O. The number of carbonyl (C=O) groups is 1. The summed E-state index contributed by atoms with van der Waals surface area (Å²) in [6, 6.07) is 1.41. The summed E-state index contributed by atoms with van der Waals surface area (Å²) in [7, 11) is 1.71. The number of hydrogen-bond acceptors (Lipinski definition) is 3. The molecule has 1 heterocycles. The second kappa shape index (κ2) is 5.64. The molecule has 1 aliphatic carbocycles. The highest BCUT2D eigenvalue weighted by atomic mass is 16.1. The summed E-state index contributed by atoms with van der Waals surface area (Å²) in [5.74, 6) is 0.157. The van der Waals surface area contributed by atoms with E-state index in [9.17, 15) is 4.79 Å². The smallest absolute Gasteiger partial charge is 0.221 e. The van der Waals surface area contributed by atoms with E-state index >= 15 is 0 Å². The van der Waals surface area contributed by atoms with E-state index in [1.54, 1.807) is 7.05 Å². The molecule has 1 amide bonds. The van der Waals surface area contributed by atoms with Gasteiger partial charge < -0.3 is 10.6 Å². The zero-order chi connectivity index (χ0) is 11.4. The Kier molecular flexibility index (Phi) is 4.18. The van der Waals surface area contributed by atoms with E-state index in [4.69, 9.17) is 0 Å². The zero-order valence-electron chi connectivity index (χ0n) is 10.2. The first kappa shape index (κ1) is 11.9. The minimum absolute atomic E-state index is 0.157. The molecule has 1 unspecified atom stereocenters. The fraction of sp³-hybridized carbons (Fsp3) is 0.917. The SMILES string of the molecule is CNC(=O)CCN(CC1CCCN1)C1CC1. The van der Waals surface area contributed by atoms with E-state index in [0.717, 1.165) is 19.1 Å². The molecule has 0 aromatic heterocycles. The molecular weight excluding hydrogens is 202 g/mol. The molecule has 2 aliphatic rings. The second-order valence-electron chi connectivity index (χ2n) is 4.94. The van der Waals surface area contributed by atoms with Gasteiger partial charge >= 0.3 is 0 Å². The molecule has 0 aromatic rings. The Hall–Kier alpha value is -0.610. The van der Waals surface area contributed by atoms with Gasteiger partial charge in [-0.05, 0) is 32.2 Å². The van der Waals surface area contributed by atoms with Gasteiger partial charge in [0.25, 0.3) is 0 Å². The van der Waals surface area contributed by atoms with Crippen LogP contribution in [-0.2, 0) is 4.79 Å². The van der Waals surface area contributed by atoms with Gasteiger partial charge in [-0.1, -0.05) is 0 Å². The number of nitrogens with zero attached hydrogens (tertiary/aromatic N) is 1. The van der Waals surface area contributed by atoms with Gasteiger partial charge in [0, 0.05) is 38.6 Å². The lowest BCUT2D eigenvalue weighted by molar-refractivity contribution is -0.121. The summed E-state index contributed by atoms with van der Waals surface area (Å²) < 4.78 is 0. The van der Waals surface area contributed by atoms with Crippen molar-refractivity contribution < 1.29 is 4.79 Å². The summed E-state index contributed by atoms with van der Waals surface area (Å²) in [4.78, 5) is 13.7. The van der Waals surface area contributed by atoms with Crippen molar-refractivity contribution in [3.63, 3.8) is 0 Å². The molecule has 4 heteroatoms. The van der Waals surface area contributed by atoms with Crippen molar-refractivity contribution in [2.24, 2.45) is 0 Å². The van der Waals surface area contributed by atoms with Gasteiger partial charge in [0.1, 0.15) is 0 Å². The van der Waals surface area contributed by atoms with Crippen LogP contribution in [0.5, 0.6) is 0 Å². The second-order valence-corrected chi connectivity index (χ2v) is 4.94. The van der Waals surface area contributed by atoms with Crippen molar-refractivity contribution in [1.82, 2.24) is 15.5 Å². The molecule has 1 saturated heterocycles. The molecule has 0 spiro atoms. The number of rotatable bonds is 6. The third kappa shape index (κ3) is 3.46. The normalized spacial score (nSPS) is 25.0. The molecule has 2 fully saturated rings. The average molecular weight is 225 g/mol. The van der Waals surface area contributed by atoms with Gasteiger partial charge in [0.2, 0.25) is 5.91 Å². The van der Waals surface area contributed by atoms with Crippen LogP contribution >= 0.6 is 0 Å². The zero-order valence-corrected chi connectivity index (χ0v) is 10.2. The van der Waals surface area contributed by atoms with Crippen LogP contribution in [0.4, 0.5) is 0 Å². The molecule has 16 heavy (non-hydrogen) atoms. The third-order valence-corrected chi connectivity index (χ3v) is 3.59. The third-order valence-electron chi connectivity index (χ3n) is 3.59. The predicted octanol–water partition coefficient (Wildman–Crippen LogP) is 0.339. The predicted molar refractivity (Wildman–Crippen MR) is 64.3 cm³/mol. The number of nitrogens with one attached hydrogen (secondary N) is 2. The number of hydrogen-bond donors (Lipinski definition) is 2. The van der Waals surface area contributed by atoms with Gasteiger partial charge in [0.15, 0.2) is 0 Å².